The first-order chi connectivity index (χ1) is 9.06. The van der Waals surface area contributed by atoms with Crippen LogP contribution in [0.1, 0.15) is 18.9 Å². The first-order valence-corrected chi connectivity index (χ1v) is 6.96. The minimum absolute atomic E-state index is 0.174. The summed E-state index contributed by atoms with van der Waals surface area (Å²) in [4.78, 5) is 4.38. The fourth-order valence-corrected chi connectivity index (χ4v) is 2.09. The maximum Gasteiger partial charge on any atom is 0.125 e. The van der Waals surface area contributed by atoms with Crippen LogP contribution in [0.5, 0.6) is 0 Å². The normalized spacial score (nSPS) is 11.1. The van der Waals surface area contributed by atoms with Crippen molar-refractivity contribution in [2.45, 2.75) is 19.8 Å². The Morgan fingerprint density at radius 1 is 1.11 bits per heavy atom. The molecule has 0 atom stereocenters. The van der Waals surface area contributed by atoms with Crippen molar-refractivity contribution in [3.8, 4) is 0 Å². The van der Waals surface area contributed by atoms with Crippen molar-refractivity contribution in [3.63, 3.8) is 0 Å². The van der Waals surface area contributed by atoms with Gasteiger partial charge in [0.05, 0.1) is 0 Å². The molecule has 19 heavy (non-hydrogen) atoms. The molecule has 0 radical (unpaired) electrons. The van der Waals surface area contributed by atoms with E-state index in [9.17, 15) is 4.39 Å². The van der Waals surface area contributed by atoms with Crippen LogP contribution >= 0.6 is 0 Å². The highest BCUT2D eigenvalue weighted by Gasteiger charge is 2.09. The van der Waals surface area contributed by atoms with Crippen LogP contribution in [-0.4, -0.2) is 45.2 Å². The van der Waals surface area contributed by atoms with Gasteiger partial charge in [-0.3, -0.25) is 0 Å². The lowest BCUT2D eigenvalue weighted by Crippen LogP contribution is -2.32. The van der Waals surface area contributed by atoms with Gasteiger partial charge in [-0.05, 0) is 57.2 Å². The van der Waals surface area contributed by atoms with Gasteiger partial charge in [0.1, 0.15) is 5.82 Å². The van der Waals surface area contributed by atoms with Crippen molar-refractivity contribution in [1.82, 2.24) is 4.90 Å². The summed E-state index contributed by atoms with van der Waals surface area (Å²) in [6.07, 6.45) is 1.77. The van der Waals surface area contributed by atoms with E-state index >= 15 is 0 Å². The third-order valence-corrected chi connectivity index (χ3v) is 3.05. The average Bonchev–Trinajstić information content (AvgIpc) is 2.34. The highest BCUT2D eigenvalue weighted by atomic mass is 19.1. The van der Waals surface area contributed by atoms with Gasteiger partial charge in [-0.15, -0.1) is 0 Å². The third-order valence-electron chi connectivity index (χ3n) is 3.05. The molecule has 0 aliphatic rings. The number of rotatable bonds is 8. The van der Waals surface area contributed by atoms with Crippen LogP contribution in [0.15, 0.2) is 18.2 Å². The Hall–Kier alpha value is -1.13. The second-order valence-electron chi connectivity index (χ2n) is 5.15. The molecule has 0 bridgehead atoms. The molecule has 0 heterocycles. The molecule has 4 heteroatoms. The highest BCUT2D eigenvalue weighted by Crippen LogP contribution is 2.19. The van der Waals surface area contributed by atoms with E-state index in [2.05, 4.69) is 36.9 Å². The molecule has 0 aliphatic carbocycles. The number of hydrogen-bond acceptors (Lipinski definition) is 3. The van der Waals surface area contributed by atoms with Gasteiger partial charge in [-0.1, -0.05) is 6.92 Å². The molecule has 0 aromatic heterocycles. The molecule has 0 amide bonds. The summed E-state index contributed by atoms with van der Waals surface area (Å²) in [5.41, 5.74) is 7.49. The van der Waals surface area contributed by atoms with Crippen molar-refractivity contribution >= 4 is 5.69 Å². The topological polar surface area (TPSA) is 32.5 Å². The molecule has 108 valence electrons. The molecule has 3 nitrogen and oxygen atoms in total. The van der Waals surface area contributed by atoms with Crippen LogP contribution in [0.3, 0.4) is 0 Å². The summed E-state index contributed by atoms with van der Waals surface area (Å²) in [5.74, 6) is -0.174. The summed E-state index contributed by atoms with van der Waals surface area (Å²) in [6, 6.07) is 5.25. The zero-order valence-electron chi connectivity index (χ0n) is 12.3. The Balaban J connectivity index is 2.87. The lowest BCUT2D eigenvalue weighted by atomic mass is 10.1. The van der Waals surface area contributed by atoms with Crippen LogP contribution in [0.25, 0.3) is 0 Å². The van der Waals surface area contributed by atoms with Gasteiger partial charge in [0.2, 0.25) is 0 Å². The SMILES string of the molecule is CCCN(CCN(C)C)c1cc(F)cc(CCN)c1. The molecule has 0 fully saturated rings. The molecule has 1 aromatic carbocycles. The predicted octanol–water partition coefficient (Wildman–Crippen LogP) is 2.10. The van der Waals surface area contributed by atoms with Gasteiger partial charge in [0, 0.05) is 25.3 Å². The van der Waals surface area contributed by atoms with E-state index in [1.807, 2.05) is 0 Å². The van der Waals surface area contributed by atoms with Crippen molar-refractivity contribution < 1.29 is 4.39 Å². The van der Waals surface area contributed by atoms with Gasteiger partial charge < -0.3 is 15.5 Å². The Labute approximate surface area is 116 Å². The molecule has 2 N–H and O–H groups in total. The van der Waals surface area contributed by atoms with Crippen molar-refractivity contribution in [2.75, 3.05) is 45.2 Å². The fourth-order valence-electron chi connectivity index (χ4n) is 2.09. The molecular weight excluding hydrogens is 241 g/mol. The molecule has 0 saturated heterocycles. The molecule has 0 spiro atoms. The van der Waals surface area contributed by atoms with E-state index in [4.69, 9.17) is 5.73 Å². The summed E-state index contributed by atoms with van der Waals surface area (Å²) in [5, 5.41) is 0. The van der Waals surface area contributed by atoms with Gasteiger partial charge in [-0.2, -0.15) is 0 Å². The number of likely N-dealkylation sites (N-methyl/N-ethyl adjacent to an activating group) is 1. The van der Waals surface area contributed by atoms with Crippen molar-refractivity contribution in [3.05, 3.63) is 29.6 Å². The second-order valence-corrected chi connectivity index (χ2v) is 5.15. The number of hydrogen-bond donors (Lipinski definition) is 1. The van der Waals surface area contributed by atoms with Gasteiger partial charge in [-0.25, -0.2) is 4.39 Å². The summed E-state index contributed by atoms with van der Waals surface area (Å²) in [7, 11) is 4.10. The van der Waals surface area contributed by atoms with Crippen LogP contribution in [0.4, 0.5) is 10.1 Å². The smallest absolute Gasteiger partial charge is 0.125 e. The number of benzene rings is 1. The summed E-state index contributed by atoms with van der Waals surface area (Å²) >= 11 is 0. The summed E-state index contributed by atoms with van der Waals surface area (Å²) < 4.78 is 13.7. The number of nitrogens with two attached hydrogens (primary N) is 1. The Bertz CT molecular complexity index is 380. The van der Waals surface area contributed by atoms with Crippen LogP contribution < -0.4 is 10.6 Å². The van der Waals surface area contributed by atoms with E-state index < -0.39 is 0 Å². The molecule has 1 rings (SSSR count). The van der Waals surface area contributed by atoms with Crippen molar-refractivity contribution in [2.24, 2.45) is 5.73 Å². The molecule has 0 saturated carbocycles. The number of nitrogens with zero attached hydrogens (tertiary/aromatic N) is 2. The monoisotopic (exact) mass is 267 g/mol. The van der Waals surface area contributed by atoms with E-state index in [-0.39, 0.29) is 5.82 Å². The highest BCUT2D eigenvalue weighted by molar-refractivity contribution is 5.49. The minimum Gasteiger partial charge on any atom is -0.370 e. The number of anilines is 1. The standard InChI is InChI=1S/C15H26FN3/c1-4-7-19(9-8-18(2)3)15-11-13(5-6-17)10-14(16)12-15/h10-12H,4-9,17H2,1-3H3. The predicted molar refractivity (Wildman–Crippen MR) is 80.2 cm³/mol. The van der Waals surface area contributed by atoms with Crippen LogP contribution in [0, 0.1) is 5.82 Å². The zero-order valence-corrected chi connectivity index (χ0v) is 12.3. The Kier molecular flexibility index (Phi) is 6.81. The van der Waals surface area contributed by atoms with E-state index in [0.717, 1.165) is 43.7 Å². The summed E-state index contributed by atoms with van der Waals surface area (Å²) in [6.45, 7) is 5.51. The quantitative estimate of drug-likeness (QED) is 0.783. The molecular formula is C15H26FN3. The average molecular weight is 267 g/mol. The molecule has 0 aliphatic heterocycles. The van der Waals surface area contributed by atoms with E-state index in [1.54, 1.807) is 12.1 Å². The molecule has 0 unspecified atom stereocenters. The maximum absolute atomic E-state index is 13.7. The largest absolute Gasteiger partial charge is 0.370 e. The fraction of sp³-hybridized carbons (Fsp3) is 0.600. The first kappa shape index (κ1) is 15.9. The Morgan fingerprint density at radius 2 is 1.84 bits per heavy atom. The Morgan fingerprint density at radius 3 is 2.42 bits per heavy atom. The number of halogens is 1. The lowest BCUT2D eigenvalue weighted by Gasteiger charge is -2.26. The zero-order chi connectivity index (χ0) is 14.3. The second kappa shape index (κ2) is 8.12. The lowest BCUT2D eigenvalue weighted by molar-refractivity contribution is 0.413. The van der Waals surface area contributed by atoms with E-state index in [1.165, 1.54) is 0 Å². The molecule has 1 aromatic rings. The van der Waals surface area contributed by atoms with Crippen LogP contribution in [-0.2, 0) is 6.42 Å². The van der Waals surface area contributed by atoms with Crippen molar-refractivity contribution in [1.29, 1.82) is 0 Å². The minimum atomic E-state index is -0.174. The third kappa shape index (κ3) is 5.57. The maximum atomic E-state index is 13.7. The first-order valence-electron chi connectivity index (χ1n) is 6.96. The van der Waals surface area contributed by atoms with Crippen LogP contribution in [0.2, 0.25) is 0 Å². The van der Waals surface area contributed by atoms with Gasteiger partial charge in [0.25, 0.3) is 0 Å². The van der Waals surface area contributed by atoms with Gasteiger partial charge >= 0.3 is 0 Å². The van der Waals surface area contributed by atoms with Gasteiger partial charge in [0.15, 0.2) is 0 Å². The van der Waals surface area contributed by atoms with E-state index in [0.29, 0.717) is 6.54 Å².